The Kier molecular flexibility index (Phi) is 8.62. The summed E-state index contributed by atoms with van der Waals surface area (Å²) < 4.78 is 0.547. The maximum absolute atomic E-state index is 12.7. The monoisotopic (exact) mass is 483 g/mol. The SMILES string of the molecule is Cc1ccc(C=C2SC(=S)N(CCCCCC(=O)NNC(=O)c3cccc(O)c3)C2=O)cc1. The van der Waals surface area contributed by atoms with Gasteiger partial charge >= 0.3 is 0 Å². The Hall–Kier alpha value is -3.17. The summed E-state index contributed by atoms with van der Waals surface area (Å²) in [6, 6.07) is 13.8. The highest BCUT2D eigenvalue weighted by Gasteiger charge is 2.31. The number of aryl methyl sites for hydroxylation is 1. The van der Waals surface area contributed by atoms with Gasteiger partial charge in [0, 0.05) is 18.5 Å². The van der Waals surface area contributed by atoms with Crippen molar-refractivity contribution in [3.63, 3.8) is 0 Å². The smallest absolute Gasteiger partial charge is 0.269 e. The summed E-state index contributed by atoms with van der Waals surface area (Å²) >= 11 is 6.67. The van der Waals surface area contributed by atoms with E-state index in [1.54, 1.807) is 11.0 Å². The number of phenols is 1. The number of hydrazine groups is 1. The Labute approximate surface area is 202 Å². The van der Waals surface area contributed by atoms with E-state index in [2.05, 4.69) is 10.9 Å². The van der Waals surface area contributed by atoms with Gasteiger partial charge in [-0.15, -0.1) is 0 Å². The number of carbonyl (C=O) groups is 3. The Balaban J connectivity index is 1.36. The number of carbonyl (C=O) groups excluding carboxylic acids is 3. The van der Waals surface area contributed by atoms with E-state index in [1.807, 2.05) is 37.3 Å². The number of hydrogen-bond acceptors (Lipinski definition) is 6. The van der Waals surface area contributed by atoms with Crippen LogP contribution in [0.15, 0.2) is 53.4 Å². The van der Waals surface area contributed by atoms with Gasteiger partial charge in [-0.05, 0) is 49.6 Å². The average Bonchev–Trinajstić information content (AvgIpc) is 3.06. The van der Waals surface area contributed by atoms with Crippen molar-refractivity contribution in [2.45, 2.75) is 32.6 Å². The molecule has 1 aliphatic rings. The first-order valence-electron chi connectivity index (χ1n) is 10.5. The fourth-order valence-corrected chi connectivity index (χ4v) is 4.46. The van der Waals surface area contributed by atoms with Crippen molar-refractivity contribution in [3.05, 3.63) is 70.1 Å². The van der Waals surface area contributed by atoms with Crippen molar-refractivity contribution < 1.29 is 19.5 Å². The maximum atomic E-state index is 12.7. The lowest BCUT2D eigenvalue weighted by atomic mass is 10.1. The number of aromatic hydroxyl groups is 1. The Morgan fingerprint density at radius 1 is 1.09 bits per heavy atom. The van der Waals surface area contributed by atoms with Gasteiger partial charge in [0.25, 0.3) is 11.8 Å². The molecule has 3 rings (SSSR count). The van der Waals surface area contributed by atoms with E-state index >= 15 is 0 Å². The number of rotatable bonds is 8. The van der Waals surface area contributed by atoms with Crippen LogP contribution in [-0.2, 0) is 9.59 Å². The zero-order valence-electron chi connectivity index (χ0n) is 18.2. The summed E-state index contributed by atoms with van der Waals surface area (Å²) in [6.07, 6.45) is 4.16. The molecule has 3 N–H and O–H groups in total. The van der Waals surface area contributed by atoms with Gasteiger partial charge in [-0.2, -0.15) is 0 Å². The molecule has 2 aromatic carbocycles. The number of phenolic OH excluding ortho intramolecular Hbond substituents is 1. The van der Waals surface area contributed by atoms with Gasteiger partial charge in [-0.25, -0.2) is 0 Å². The average molecular weight is 484 g/mol. The van der Waals surface area contributed by atoms with E-state index in [9.17, 15) is 19.5 Å². The van der Waals surface area contributed by atoms with E-state index in [4.69, 9.17) is 12.2 Å². The summed E-state index contributed by atoms with van der Waals surface area (Å²) in [6.45, 7) is 2.52. The van der Waals surface area contributed by atoms with E-state index in [0.717, 1.165) is 17.5 Å². The van der Waals surface area contributed by atoms with Gasteiger partial charge in [0.1, 0.15) is 10.1 Å². The molecule has 0 atom stereocenters. The van der Waals surface area contributed by atoms with Crippen LogP contribution < -0.4 is 10.9 Å². The highest BCUT2D eigenvalue weighted by Crippen LogP contribution is 2.32. The number of unbranched alkanes of at least 4 members (excludes halogenated alkanes) is 2. The van der Waals surface area contributed by atoms with Crippen LogP contribution in [0.2, 0.25) is 0 Å². The number of amides is 3. The molecule has 0 spiro atoms. The first-order valence-corrected chi connectivity index (χ1v) is 11.8. The molecule has 0 unspecified atom stereocenters. The Morgan fingerprint density at radius 2 is 1.85 bits per heavy atom. The molecule has 0 radical (unpaired) electrons. The summed E-state index contributed by atoms with van der Waals surface area (Å²) in [5.41, 5.74) is 7.05. The Bertz CT molecular complexity index is 1080. The van der Waals surface area contributed by atoms with Gasteiger partial charge in [0.2, 0.25) is 5.91 Å². The second kappa shape index (κ2) is 11.6. The van der Waals surface area contributed by atoms with Gasteiger partial charge in [-0.3, -0.25) is 30.1 Å². The van der Waals surface area contributed by atoms with Crippen LogP contribution >= 0.6 is 24.0 Å². The molecule has 1 saturated heterocycles. The van der Waals surface area contributed by atoms with Crippen LogP contribution in [0.1, 0.15) is 47.2 Å². The fraction of sp³-hybridized carbons (Fsp3) is 0.250. The highest BCUT2D eigenvalue weighted by atomic mass is 32.2. The van der Waals surface area contributed by atoms with E-state index in [-0.39, 0.29) is 29.5 Å². The minimum absolute atomic E-state index is 0.0268. The fourth-order valence-electron chi connectivity index (χ4n) is 3.15. The van der Waals surface area contributed by atoms with Crippen LogP contribution in [0.5, 0.6) is 5.75 Å². The minimum atomic E-state index is -0.507. The predicted molar refractivity (Wildman–Crippen MR) is 133 cm³/mol. The van der Waals surface area contributed by atoms with E-state index < -0.39 is 5.91 Å². The summed E-state index contributed by atoms with van der Waals surface area (Å²) in [4.78, 5) is 38.8. The molecule has 0 aromatic heterocycles. The molecule has 1 fully saturated rings. The van der Waals surface area contributed by atoms with Gasteiger partial charge in [-0.1, -0.05) is 66.3 Å². The summed E-state index contributed by atoms with van der Waals surface area (Å²) in [7, 11) is 0. The van der Waals surface area contributed by atoms with Crippen LogP contribution in [0.3, 0.4) is 0 Å². The summed E-state index contributed by atoms with van der Waals surface area (Å²) in [5, 5.41) is 9.40. The lowest BCUT2D eigenvalue weighted by molar-refractivity contribution is -0.123. The molecular weight excluding hydrogens is 458 g/mol. The van der Waals surface area contributed by atoms with Gasteiger partial charge < -0.3 is 5.11 Å². The molecule has 9 heteroatoms. The van der Waals surface area contributed by atoms with Crippen molar-refractivity contribution in [2.75, 3.05) is 6.54 Å². The van der Waals surface area contributed by atoms with E-state index in [1.165, 1.54) is 30.0 Å². The number of benzene rings is 2. The lowest BCUT2D eigenvalue weighted by Crippen LogP contribution is -2.41. The van der Waals surface area contributed by atoms with Crippen molar-refractivity contribution in [3.8, 4) is 5.75 Å². The standard InChI is InChI=1S/C24H25N3O4S2/c1-16-9-11-17(12-10-16)14-20-23(31)27(24(32)33-20)13-4-2-3-8-21(29)25-26-22(30)18-6-5-7-19(28)15-18/h5-7,9-12,14-15,28H,2-4,8,13H2,1H3,(H,25,29)(H,26,30). The molecule has 3 amide bonds. The molecule has 0 aliphatic carbocycles. The predicted octanol–water partition coefficient (Wildman–Crippen LogP) is 3.92. The topological polar surface area (TPSA) is 98.7 Å². The third-order valence-corrected chi connectivity index (χ3v) is 6.34. The van der Waals surface area contributed by atoms with Crippen molar-refractivity contribution in [2.24, 2.45) is 0 Å². The Morgan fingerprint density at radius 3 is 2.58 bits per heavy atom. The zero-order chi connectivity index (χ0) is 23.8. The minimum Gasteiger partial charge on any atom is -0.508 e. The molecule has 172 valence electrons. The van der Waals surface area contributed by atoms with Crippen LogP contribution in [-0.4, -0.2) is 38.6 Å². The molecular formula is C24H25N3O4S2. The second-order valence-electron chi connectivity index (χ2n) is 7.61. The number of thioether (sulfide) groups is 1. The highest BCUT2D eigenvalue weighted by molar-refractivity contribution is 8.26. The van der Waals surface area contributed by atoms with Crippen LogP contribution in [0.25, 0.3) is 6.08 Å². The normalized spacial score (nSPS) is 14.6. The molecule has 7 nitrogen and oxygen atoms in total. The number of nitrogens with zero attached hydrogens (tertiary/aromatic N) is 1. The number of hydrogen-bond donors (Lipinski definition) is 3. The van der Waals surface area contributed by atoms with Crippen LogP contribution in [0, 0.1) is 6.92 Å². The van der Waals surface area contributed by atoms with Crippen LogP contribution in [0.4, 0.5) is 0 Å². The second-order valence-corrected chi connectivity index (χ2v) is 9.28. The van der Waals surface area contributed by atoms with Crippen molar-refractivity contribution >= 4 is 52.1 Å². The molecule has 1 aliphatic heterocycles. The van der Waals surface area contributed by atoms with Gasteiger partial charge in [0.05, 0.1) is 4.91 Å². The maximum Gasteiger partial charge on any atom is 0.269 e. The third-order valence-electron chi connectivity index (χ3n) is 4.96. The molecule has 1 heterocycles. The zero-order valence-corrected chi connectivity index (χ0v) is 19.8. The molecule has 0 bridgehead atoms. The largest absolute Gasteiger partial charge is 0.508 e. The quantitative estimate of drug-likeness (QED) is 0.228. The number of nitrogens with one attached hydrogen (secondary N) is 2. The lowest BCUT2D eigenvalue weighted by Gasteiger charge is -2.14. The molecule has 2 aromatic rings. The third kappa shape index (κ3) is 7.16. The summed E-state index contributed by atoms with van der Waals surface area (Å²) in [5.74, 6) is -0.929. The first kappa shape index (κ1) is 24.5. The van der Waals surface area contributed by atoms with E-state index in [0.29, 0.717) is 28.6 Å². The molecule has 33 heavy (non-hydrogen) atoms. The molecule has 0 saturated carbocycles. The first-order chi connectivity index (χ1) is 15.8. The number of thiocarbonyl (C=S) groups is 1. The van der Waals surface area contributed by atoms with Gasteiger partial charge in [0.15, 0.2) is 0 Å². The van der Waals surface area contributed by atoms with Crippen molar-refractivity contribution in [1.29, 1.82) is 0 Å². The van der Waals surface area contributed by atoms with Crippen molar-refractivity contribution in [1.82, 2.24) is 15.8 Å².